The number of carbonyl (C=O) groups is 2. The fourth-order valence-corrected chi connectivity index (χ4v) is 2.83. The van der Waals surface area contributed by atoms with Gasteiger partial charge in [-0.3, -0.25) is 4.72 Å². The van der Waals surface area contributed by atoms with E-state index in [1.165, 1.54) is 24.3 Å². The summed E-state index contributed by atoms with van der Waals surface area (Å²) in [5.74, 6) is -3.17. The van der Waals surface area contributed by atoms with Crippen LogP contribution >= 0.6 is 0 Å². The van der Waals surface area contributed by atoms with Crippen LogP contribution in [0.5, 0.6) is 5.75 Å². The van der Waals surface area contributed by atoms with Crippen LogP contribution in [-0.2, 0) is 10.0 Å². The molecule has 0 amide bonds. The maximum absolute atomic E-state index is 12.2. The van der Waals surface area contributed by atoms with Crippen molar-refractivity contribution in [1.82, 2.24) is 0 Å². The normalized spacial score (nSPS) is 11.0. The molecule has 0 aromatic heterocycles. The Morgan fingerprint density at radius 1 is 0.913 bits per heavy atom. The first-order chi connectivity index (χ1) is 10.7. The Labute approximate surface area is 130 Å². The number of nitrogens with one attached hydrogen (secondary N) is 1. The summed E-state index contributed by atoms with van der Waals surface area (Å²) in [4.78, 5) is 21.3. The Bertz CT molecular complexity index is 872. The molecule has 9 heteroatoms. The molecular formula is C14H11NO7S. The van der Waals surface area contributed by atoms with Crippen LogP contribution in [0.4, 0.5) is 5.69 Å². The van der Waals surface area contributed by atoms with Crippen LogP contribution in [0.1, 0.15) is 20.7 Å². The minimum absolute atomic E-state index is 0.00857. The summed E-state index contributed by atoms with van der Waals surface area (Å²) in [5.41, 5.74) is -0.445. The van der Waals surface area contributed by atoms with Gasteiger partial charge in [-0.2, -0.15) is 0 Å². The van der Waals surface area contributed by atoms with E-state index in [1.54, 1.807) is 0 Å². The average molecular weight is 337 g/mol. The topological polar surface area (TPSA) is 141 Å². The minimum Gasteiger partial charge on any atom is -0.507 e. The summed E-state index contributed by atoms with van der Waals surface area (Å²) in [5, 5.41) is 27.1. The SMILES string of the molecule is O=C(O)c1ccc(NS(=O)(=O)c2ccc(O)c(C(=O)O)c2)cc1. The van der Waals surface area contributed by atoms with E-state index >= 15 is 0 Å². The summed E-state index contributed by atoms with van der Waals surface area (Å²) in [6.07, 6.45) is 0. The Hall–Kier alpha value is -3.07. The van der Waals surface area contributed by atoms with Crippen LogP contribution in [-0.4, -0.2) is 35.7 Å². The fourth-order valence-electron chi connectivity index (χ4n) is 1.75. The Balaban J connectivity index is 2.33. The molecule has 0 fully saturated rings. The van der Waals surface area contributed by atoms with E-state index in [0.717, 1.165) is 18.2 Å². The molecule has 8 nitrogen and oxygen atoms in total. The zero-order valence-corrected chi connectivity index (χ0v) is 12.2. The van der Waals surface area contributed by atoms with E-state index in [4.69, 9.17) is 10.2 Å². The van der Waals surface area contributed by atoms with Gasteiger partial charge in [0.05, 0.1) is 10.5 Å². The van der Waals surface area contributed by atoms with Crippen molar-refractivity contribution in [3.05, 3.63) is 53.6 Å². The van der Waals surface area contributed by atoms with Gasteiger partial charge in [-0.1, -0.05) is 0 Å². The second kappa shape index (κ2) is 5.97. The Morgan fingerprint density at radius 3 is 2.04 bits per heavy atom. The van der Waals surface area contributed by atoms with Gasteiger partial charge in [0.25, 0.3) is 10.0 Å². The molecule has 2 aromatic rings. The molecule has 120 valence electrons. The van der Waals surface area contributed by atoms with Gasteiger partial charge in [0.2, 0.25) is 0 Å². The standard InChI is InChI=1S/C14H11NO7S/c16-12-6-5-10(7-11(12)14(19)20)23(21,22)15-9-3-1-8(2-4-9)13(17)18/h1-7,15-16H,(H,17,18)(H,19,20). The van der Waals surface area contributed by atoms with Gasteiger partial charge < -0.3 is 15.3 Å². The molecule has 0 saturated carbocycles. The van der Waals surface area contributed by atoms with Gasteiger partial charge in [0.15, 0.2) is 0 Å². The van der Waals surface area contributed by atoms with Crippen molar-refractivity contribution in [2.45, 2.75) is 4.90 Å². The van der Waals surface area contributed by atoms with Gasteiger partial charge >= 0.3 is 11.9 Å². The Kier molecular flexibility index (Phi) is 4.23. The van der Waals surface area contributed by atoms with Crippen molar-refractivity contribution in [3.63, 3.8) is 0 Å². The predicted molar refractivity (Wildman–Crippen MR) is 79.3 cm³/mol. The van der Waals surface area contributed by atoms with Crippen molar-refractivity contribution in [1.29, 1.82) is 0 Å². The molecule has 2 aromatic carbocycles. The van der Waals surface area contributed by atoms with Crippen LogP contribution in [0.15, 0.2) is 47.4 Å². The monoisotopic (exact) mass is 337 g/mol. The van der Waals surface area contributed by atoms with E-state index in [9.17, 15) is 23.1 Å². The second-order valence-corrected chi connectivity index (χ2v) is 6.15. The summed E-state index contributed by atoms with van der Waals surface area (Å²) < 4.78 is 26.6. The number of aromatic hydroxyl groups is 1. The zero-order chi connectivity index (χ0) is 17.2. The molecule has 2 rings (SSSR count). The molecule has 0 aliphatic carbocycles. The third-order valence-corrected chi connectivity index (χ3v) is 4.27. The van der Waals surface area contributed by atoms with Crippen molar-refractivity contribution < 1.29 is 33.3 Å². The summed E-state index contributed by atoms with van der Waals surface area (Å²) >= 11 is 0. The molecular weight excluding hydrogens is 326 g/mol. The lowest BCUT2D eigenvalue weighted by Gasteiger charge is -2.09. The molecule has 0 spiro atoms. The summed E-state index contributed by atoms with van der Waals surface area (Å²) in [7, 11) is -4.09. The average Bonchev–Trinajstić information content (AvgIpc) is 2.47. The highest BCUT2D eigenvalue weighted by atomic mass is 32.2. The van der Waals surface area contributed by atoms with Crippen molar-refractivity contribution in [2.24, 2.45) is 0 Å². The highest BCUT2D eigenvalue weighted by Crippen LogP contribution is 2.23. The lowest BCUT2D eigenvalue weighted by molar-refractivity contribution is 0.0684. The highest BCUT2D eigenvalue weighted by molar-refractivity contribution is 7.92. The van der Waals surface area contributed by atoms with Crippen molar-refractivity contribution >= 4 is 27.6 Å². The number of anilines is 1. The number of sulfonamides is 1. The lowest BCUT2D eigenvalue weighted by Crippen LogP contribution is -2.14. The summed E-state index contributed by atoms with van der Waals surface area (Å²) in [6.45, 7) is 0. The number of phenols is 1. The molecule has 0 radical (unpaired) electrons. The first-order valence-corrected chi connectivity index (χ1v) is 7.61. The number of hydrogen-bond donors (Lipinski definition) is 4. The van der Waals surface area contributed by atoms with E-state index in [0.29, 0.717) is 0 Å². The first-order valence-electron chi connectivity index (χ1n) is 6.13. The van der Waals surface area contributed by atoms with Crippen LogP contribution < -0.4 is 4.72 Å². The van der Waals surface area contributed by atoms with Crippen LogP contribution in [0, 0.1) is 0 Å². The van der Waals surface area contributed by atoms with Crippen LogP contribution in [0.25, 0.3) is 0 Å². The molecule has 4 N–H and O–H groups in total. The number of rotatable bonds is 5. The molecule has 0 bridgehead atoms. The molecule has 0 aliphatic heterocycles. The third-order valence-electron chi connectivity index (χ3n) is 2.89. The van der Waals surface area contributed by atoms with E-state index in [-0.39, 0.29) is 16.1 Å². The van der Waals surface area contributed by atoms with E-state index < -0.39 is 33.3 Å². The zero-order valence-electron chi connectivity index (χ0n) is 11.4. The van der Waals surface area contributed by atoms with Gasteiger partial charge in [0.1, 0.15) is 11.3 Å². The van der Waals surface area contributed by atoms with Gasteiger partial charge in [-0.15, -0.1) is 0 Å². The van der Waals surface area contributed by atoms with E-state index in [2.05, 4.69) is 4.72 Å². The van der Waals surface area contributed by atoms with Gasteiger partial charge in [-0.05, 0) is 42.5 Å². The number of hydrogen-bond acceptors (Lipinski definition) is 5. The number of benzene rings is 2. The molecule has 0 atom stereocenters. The minimum atomic E-state index is -4.09. The molecule has 0 saturated heterocycles. The summed E-state index contributed by atoms with van der Waals surface area (Å²) in [6, 6.07) is 7.81. The number of carboxylic acids is 2. The molecule has 0 heterocycles. The lowest BCUT2D eigenvalue weighted by atomic mass is 10.2. The quantitative estimate of drug-likeness (QED) is 0.649. The highest BCUT2D eigenvalue weighted by Gasteiger charge is 2.19. The fraction of sp³-hybridized carbons (Fsp3) is 0. The third kappa shape index (κ3) is 3.58. The maximum Gasteiger partial charge on any atom is 0.339 e. The first kappa shape index (κ1) is 16.3. The van der Waals surface area contributed by atoms with Crippen LogP contribution in [0.3, 0.4) is 0 Å². The van der Waals surface area contributed by atoms with Crippen molar-refractivity contribution in [3.8, 4) is 5.75 Å². The second-order valence-electron chi connectivity index (χ2n) is 4.47. The van der Waals surface area contributed by atoms with Gasteiger partial charge in [-0.25, -0.2) is 18.0 Å². The smallest absolute Gasteiger partial charge is 0.339 e. The number of aromatic carboxylic acids is 2. The predicted octanol–water partition coefficient (Wildman–Crippen LogP) is 1.59. The van der Waals surface area contributed by atoms with Gasteiger partial charge in [0, 0.05) is 5.69 Å². The number of carboxylic acid groups (broad SMARTS) is 2. The largest absolute Gasteiger partial charge is 0.507 e. The van der Waals surface area contributed by atoms with Crippen LogP contribution in [0.2, 0.25) is 0 Å². The molecule has 0 aliphatic rings. The van der Waals surface area contributed by atoms with E-state index in [1.807, 2.05) is 0 Å². The van der Waals surface area contributed by atoms with Crippen molar-refractivity contribution in [2.75, 3.05) is 4.72 Å². The Morgan fingerprint density at radius 2 is 1.52 bits per heavy atom. The molecule has 0 unspecified atom stereocenters. The maximum atomic E-state index is 12.2. The molecule has 23 heavy (non-hydrogen) atoms.